The standard InChI is InChI=1S/C14H11ClFNO4S/c15-8-3-4-13(11(16)6-8)22(19,20)17-14(18)10-7-9(10)12-2-1-5-21-12/h1-6,9-10H,7H2,(H,17,18). The summed E-state index contributed by atoms with van der Waals surface area (Å²) < 4.78 is 44.9. The first-order valence-electron chi connectivity index (χ1n) is 6.43. The van der Waals surface area contributed by atoms with Crippen molar-refractivity contribution in [2.45, 2.75) is 17.2 Å². The number of hydrogen-bond donors (Lipinski definition) is 1. The molecule has 1 fully saturated rings. The van der Waals surface area contributed by atoms with Crippen molar-refractivity contribution in [1.82, 2.24) is 4.72 Å². The Morgan fingerprint density at radius 1 is 1.36 bits per heavy atom. The third-order valence-electron chi connectivity index (χ3n) is 3.45. The van der Waals surface area contributed by atoms with Gasteiger partial charge in [-0.2, -0.15) is 0 Å². The summed E-state index contributed by atoms with van der Waals surface area (Å²) in [6.07, 6.45) is 1.99. The average Bonchev–Trinajstić information content (AvgIpc) is 3.04. The lowest BCUT2D eigenvalue weighted by atomic mass is 10.2. The van der Waals surface area contributed by atoms with Gasteiger partial charge in [-0.3, -0.25) is 4.79 Å². The number of halogens is 2. The summed E-state index contributed by atoms with van der Waals surface area (Å²) in [6, 6.07) is 6.56. The fraction of sp³-hybridized carbons (Fsp3) is 0.214. The van der Waals surface area contributed by atoms with Crippen LogP contribution in [0.3, 0.4) is 0 Å². The third kappa shape index (κ3) is 2.86. The van der Waals surface area contributed by atoms with E-state index in [9.17, 15) is 17.6 Å². The molecule has 1 aromatic heterocycles. The molecule has 0 radical (unpaired) electrons. The highest BCUT2D eigenvalue weighted by Crippen LogP contribution is 2.47. The zero-order chi connectivity index (χ0) is 15.9. The Balaban J connectivity index is 1.74. The van der Waals surface area contributed by atoms with E-state index < -0.39 is 32.6 Å². The predicted octanol–water partition coefficient (Wildman–Crippen LogP) is 2.68. The SMILES string of the molecule is O=C(NS(=O)(=O)c1ccc(Cl)cc1F)C1CC1c1ccco1. The van der Waals surface area contributed by atoms with E-state index >= 15 is 0 Å². The first kappa shape index (κ1) is 15.1. The molecule has 2 aromatic rings. The van der Waals surface area contributed by atoms with Gasteiger partial charge in [0.25, 0.3) is 10.0 Å². The lowest BCUT2D eigenvalue weighted by Gasteiger charge is -2.07. The molecule has 1 saturated carbocycles. The fourth-order valence-corrected chi connectivity index (χ4v) is 3.51. The molecular formula is C14H11ClFNO4S. The van der Waals surface area contributed by atoms with Gasteiger partial charge in [0, 0.05) is 16.9 Å². The van der Waals surface area contributed by atoms with Crippen LogP contribution in [0, 0.1) is 11.7 Å². The molecule has 116 valence electrons. The number of sulfonamides is 1. The molecule has 2 unspecified atom stereocenters. The molecule has 1 aliphatic rings. The van der Waals surface area contributed by atoms with Gasteiger partial charge in [0.15, 0.2) is 0 Å². The molecule has 0 bridgehead atoms. The quantitative estimate of drug-likeness (QED) is 0.926. The van der Waals surface area contributed by atoms with Crippen LogP contribution >= 0.6 is 11.6 Å². The van der Waals surface area contributed by atoms with Crippen LogP contribution in [-0.2, 0) is 14.8 Å². The number of furan rings is 1. The van der Waals surface area contributed by atoms with Crippen LogP contribution in [0.4, 0.5) is 4.39 Å². The highest BCUT2D eigenvalue weighted by Gasteiger charge is 2.47. The van der Waals surface area contributed by atoms with Gasteiger partial charge >= 0.3 is 0 Å². The zero-order valence-corrected chi connectivity index (χ0v) is 12.7. The summed E-state index contributed by atoms with van der Waals surface area (Å²) in [5, 5.41) is 0.0721. The second-order valence-corrected chi connectivity index (χ2v) is 7.10. The van der Waals surface area contributed by atoms with E-state index in [1.54, 1.807) is 12.1 Å². The molecule has 22 heavy (non-hydrogen) atoms. The molecule has 1 aliphatic carbocycles. The number of benzene rings is 1. The molecule has 0 aliphatic heterocycles. The Kier molecular flexibility index (Phi) is 3.70. The van der Waals surface area contributed by atoms with Crippen molar-refractivity contribution in [3.05, 3.63) is 53.2 Å². The van der Waals surface area contributed by atoms with Crippen molar-refractivity contribution in [2.24, 2.45) is 5.92 Å². The van der Waals surface area contributed by atoms with Crippen molar-refractivity contribution in [1.29, 1.82) is 0 Å². The second-order valence-electron chi connectivity index (χ2n) is 5.01. The van der Waals surface area contributed by atoms with Crippen LogP contribution in [0.15, 0.2) is 45.9 Å². The van der Waals surface area contributed by atoms with Gasteiger partial charge in [-0.05, 0) is 36.8 Å². The van der Waals surface area contributed by atoms with Gasteiger partial charge in [0.2, 0.25) is 5.91 Å². The van der Waals surface area contributed by atoms with Gasteiger partial charge in [-0.25, -0.2) is 17.5 Å². The summed E-state index contributed by atoms with van der Waals surface area (Å²) in [6.45, 7) is 0. The lowest BCUT2D eigenvalue weighted by molar-refractivity contribution is -0.120. The van der Waals surface area contributed by atoms with Gasteiger partial charge in [0.1, 0.15) is 16.5 Å². The molecule has 2 atom stereocenters. The number of rotatable bonds is 4. The van der Waals surface area contributed by atoms with E-state index in [0.29, 0.717) is 12.2 Å². The summed E-state index contributed by atoms with van der Waals surface area (Å²) in [5.41, 5.74) is 0. The van der Waals surface area contributed by atoms with Gasteiger partial charge in [-0.15, -0.1) is 0 Å². The number of hydrogen-bond acceptors (Lipinski definition) is 4. The number of carbonyl (C=O) groups excluding carboxylic acids is 1. The second kappa shape index (κ2) is 5.40. The molecule has 1 N–H and O–H groups in total. The van der Waals surface area contributed by atoms with E-state index in [1.807, 2.05) is 4.72 Å². The number of amides is 1. The molecule has 1 amide bonds. The van der Waals surface area contributed by atoms with Crippen molar-refractivity contribution in [2.75, 3.05) is 0 Å². The van der Waals surface area contributed by atoms with Crippen molar-refractivity contribution in [3.63, 3.8) is 0 Å². The first-order valence-corrected chi connectivity index (χ1v) is 8.30. The summed E-state index contributed by atoms with van der Waals surface area (Å²) >= 11 is 5.58. The van der Waals surface area contributed by atoms with E-state index in [4.69, 9.17) is 16.0 Å². The van der Waals surface area contributed by atoms with Crippen molar-refractivity contribution in [3.8, 4) is 0 Å². The first-order chi connectivity index (χ1) is 10.4. The molecule has 5 nitrogen and oxygen atoms in total. The molecule has 0 spiro atoms. The van der Waals surface area contributed by atoms with Crippen molar-refractivity contribution >= 4 is 27.5 Å². The summed E-state index contributed by atoms with van der Waals surface area (Å²) in [4.78, 5) is 11.4. The van der Waals surface area contributed by atoms with Crippen LogP contribution in [-0.4, -0.2) is 14.3 Å². The average molecular weight is 344 g/mol. The van der Waals surface area contributed by atoms with E-state index in [2.05, 4.69) is 0 Å². The highest BCUT2D eigenvalue weighted by molar-refractivity contribution is 7.90. The van der Waals surface area contributed by atoms with E-state index in [-0.39, 0.29) is 10.9 Å². The Hall–Kier alpha value is -1.86. The van der Waals surface area contributed by atoms with Crippen molar-refractivity contribution < 1.29 is 22.0 Å². The van der Waals surface area contributed by atoms with Crippen LogP contribution < -0.4 is 4.72 Å². The fourth-order valence-electron chi connectivity index (χ4n) is 2.26. The maximum absolute atomic E-state index is 13.7. The molecule has 1 aromatic carbocycles. The topological polar surface area (TPSA) is 76.4 Å². The maximum atomic E-state index is 13.7. The zero-order valence-electron chi connectivity index (χ0n) is 11.1. The largest absolute Gasteiger partial charge is 0.469 e. The number of nitrogens with one attached hydrogen (secondary N) is 1. The monoisotopic (exact) mass is 343 g/mol. The minimum atomic E-state index is -4.27. The molecule has 3 rings (SSSR count). The van der Waals surface area contributed by atoms with Crippen LogP contribution in [0.1, 0.15) is 18.1 Å². The molecule has 1 heterocycles. The molecule has 0 saturated heterocycles. The number of carbonyl (C=O) groups is 1. The molecule has 8 heteroatoms. The van der Waals surface area contributed by atoms with E-state index in [0.717, 1.165) is 12.1 Å². The Morgan fingerprint density at radius 2 is 2.14 bits per heavy atom. The minimum absolute atomic E-state index is 0.0721. The Bertz CT molecular complexity index is 819. The van der Waals surface area contributed by atoms with E-state index in [1.165, 1.54) is 12.3 Å². The lowest BCUT2D eigenvalue weighted by Crippen LogP contribution is -2.32. The summed E-state index contributed by atoms with van der Waals surface area (Å²) in [7, 11) is -4.27. The normalized spacial score (nSPS) is 20.6. The minimum Gasteiger partial charge on any atom is -0.469 e. The highest BCUT2D eigenvalue weighted by atomic mass is 35.5. The maximum Gasteiger partial charge on any atom is 0.266 e. The van der Waals surface area contributed by atoms with Crippen LogP contribution in [0.5, 0.6) is 0 Å². The smallest absolute Gasteiger partial charge is 0.266 e. The Morgan fingerprint density at radius 3 is 2.77 bits per heavy atom. The predicted molar refractivity (Wildman–Crippen MR) is 76.3 cm³/mol. The third-order valence-corrected chi connectivity index (χ3v) is 5.07. The van der Waals surface area contributed by atoms with Crippen LogP contribution in [0.25, 0.3) is 0 Å². The van der Waals surface area contributed by atoms with Gasteiger partial charge in [-0.1, -0.05) is 11.6 Å². The van der Waals surface area contributed by atoms with Gasteiger partial charge in [0.05, 0.1) is 6.26 Å². The molecular weight excluding hydrogens is 333 g/mol. The van der Waals surface area contributed by atoms with Gasteiger partial charge < -0.3 is 4.42 Å². The van der Waals surface area contributed by atoms with Crippen LogP contribution in [0.2, 0.25) is 5.02 Å². The summed E-state index contributed by atoms with van der Waals surface area (Å²) in [5.74, 6) is -1.67. The Labute approximate surface area is 131 Å².